The number of thiocarbonyl (C=S) groups is 1. The van der Waals surface area contributed by atoms with Gasteiger partial charge >= 0.3 is 0 Å². The first-order chi connectivity index (χ1) is 10.9. The summed E-state index contributed by atoms with van der Waals surface area (Å²) in [5, 5.41) is 7.35. The van der Waals surface area contributed by atoms with Crippen molar-refractivity contribution < 1.29 is 9.13 Å². The number of anilines is 1. The highest BCUT2D eigenvalue weighted by atomic mass is 35.5. The summed E-state index contributed by atoms with van der Waals surface area (Å²) >= 11 is 11.4. The zero-order chi connectivity index (χ0) is 17.0. The molecule has 0 spiro atoms. The van der Waals surface area contributed by atoms with Gasteiger partial charge in [-0.2, -0.15) is 0 Å². The Hall–Kier alpha value is -1.85. The van der Waals surface area contributed by atoms with Crippen LogP contribution in [0.15, 0.2) is 36.4 Å². The number of halogens is 2. The molecule has 1 atom stereocenters. The molecule has 0 aliphatic heterocycles. The van der Waals surface area contributed by atoms with Crippen molar-refractivity contribution in [3.8, 4) is 5.75 Å². The predicted molar refractivity (Wildman–Crippen MR) is 96.9 cm³/mol. The Labute approximate surface area is 145 Å². The monoisotopic (exact) mass is 352 g/mol. The summed E-state index contributed by atoms with van der Waals surface area (Å²) in [4.78, 5) is 0. The molecule has 0 saturated carbocycles. The molecule has 0 fully saturated rings. The number of ether oxygens (including phenoxy) is 1. The van der Waals surface area contributed by atoms with E-state index in [-0.39, 0.29) is 11.8 Å². The predicted octanol–water partition coefficient (Wildman–Crippen LogP) is 4.84. The number of benzene rings is 2. The molecule has 0 heterocycles. The second-order valence-corrected chi connectivity index (χ2v) is 5.94. The number of hydrogen-bond donors (Lipinski definition) is 2. The van der Waals surface area contributed by atoms with Gasteiger partial charge < -0.3 is 15.4 Å². The Bertz CT molecular complexity index is 724. The Morgan fingerprint density at radius 1 is 1.30 bits per heavy atom. The quantitative estimate of drug-likeness (QED) is 0.771. The lowest BCUT2D eigenvalue weighted by molar-refractivity contribution is 0.386. The fourth-order valence-corrected chi connectivity index (χ4v) is 2.59. The molecule has 0 aliphatic rings. The van der Waals surface area contributed by atoms with Crippen molar-refractivity contribution in [2.75, 3.05) is 12.4 Å². The first-order valence-electron chi connectivity index (χ1n) is 7.08. The molecule has 23 heavy (non-hydrogen) atoms. The number of nitrogens with one attached hydrogen (secondary N) is 2. The molecular weight excluding hydrogens is 335 g/mol. The Kier molecular flexibility index (Phi) is 5.80. The van der Waals surface area contributed by atoms with Gasteiger partial charge in [0.05, 0.1) is 13.2 Å². The molecule has 0 saturated heterocycles. The van der Waals surface area contributed by atoms with Crippen molar-refractivity contribution in [1.82, 2.24) is 5.32 Å². The van der Waals surface area contributed by atoms with Crippen molar-refractivity contribution in [2.24, 2.45) is 0 Å². The molecule has 122 valence electrons. The number of rotatable bonds is 4. The van der Waals surface area contributed by atoms with E-state index in [0.717, 1.165) is 16.8 Å². The van der Waals surface area contributed by atoms with Crippen molar-refractivity contribution in [3.63, 3.8) is 0 Å². The van der Waals surface area contributed by atoms with Gasteiger partial charge in [-0.25, -0.2) is 4.39 Å². The zero-order valence-corrected chi connectivity index (χ0v) is 14.7. The average molecular weight is 353 g/mol. The van der Waals surface area contributed by atoms with Gasteiger partial charge in [0.25, 0.3) is 0 Å². The zero-order valence-electron chi connectivity index (χ0n) is 13.1. The van der Waals surface area contributed by atoms with Crippen molar-refractivity contribution in [1.29, 1.82) is 0 Å². The van der Waals surface area contributed by atoms with Crippen LogP contribution in [0.4, 0.5) is 10.1 Å². The smallest absolute Gasteiger partial charge is 0.171 e. The Balaban J connectivity index is 2.05. The van der Waals surface area contributed by atoms with Crippen molar-refractivity contribution in [3.05, 3.63) is 58.4 Å². The van der Waals surface area contributed by atoms with Crippen LogP contribution in [0.25, 0.3) is 0 Å². The first kappa shape index (κ1) is 17.5. The third-order valence-electron chi connectivity index (χ3n) is 3.54. The van der Waals surface area contributed by atoms with E-state index in [0.29, 0.717) is 10.1 Å². The lowest BCUT2D eigenvalue weighted by Crippen LogP contribution is -2.31. The van der Waals surface area contributed by atoms with Crippen LogP contribution < -0.4 is 15.4 Å². The maximum absolute atomic E-state index is 13.8. The van der Waals surface area contributed by atoms with E-state index >= 15 is 0 Å². The largest absolute Gasteiger partial charge is 0.494 e. The van der Waals surface area contributed by atoms with Crippen LogP contribution in [0.2, 0.25) is 5.02 Å². The van der Waals surface area contributed by atoms with Crippen LogP contribution in [-0.2, 0) is 0 Å². The van der Waals surface area contributed by atoms with E-state index in [4.69, 9.17) is 28.6 Å². The molecule has 0 amide bonds. The van der Waals surface area contributed by atoms with E-state index in [2.05, 4.69) is 10.6 Å². The maximum Gasteiger partial charge on any atom is 0.171 e. The van der Waals surface area contributed by atoms with Gasteiger partial charge in [-0.1, -0.05) is 23.7 Å². The van der Waals surface area contributed by atoms with Gasteiger partial charge in [0.15, 0.2) is 16.7 Å². The molecule has 0 aliphatic carbocycles. The van der Waals surface area contributed by atoms with Gasteiger partial charge in [0.2, 0.25) is 0 Å². The van der Waals surface area contributed by atoms with E-state index in [1.807, 2.05) is 32.0 Å². The molecule has 2 aromatic carbocycles. The Morgan fingerprint density at radius 3 is 2.70 bits per heavy atom. The van der Waals surface area contributed by atoms with Gasteiger partial charge in [-0.15, -0.1) is 0 Å². The molecule has 2 N–H and O–H groups in total. The minimum Gasteiger partial charge on any atom is -0.494 e. The highest BCUT2D eigenvalue weighted by Gasteiger charge is 2.11. The second kappa shape index (κ2) is 7.62. The fraction of sp³-hybridized carbons (Fsp3) is 0.235. The van der Waals surface area contributed by atoms with E-state index in [1.54, 1.807) is 12.1 Å². The fourth-order valence-electron chi connectivity index (χ4n) is 2.13. The van der Waals surface area contributed by atoms with Crippen LogP contribution in [0.3, 0.4) is 0 Å². The summed E-state index contributed by atoms with van der Waals surface area (Å²) in [7, 11) is 1.44. The highest BCUT2D eigenvalue weighted by molar-refractivity contribution is 7.80. The van der Waals surface area contributed by atoms with Crippen LogP contribution in [-0.4, -0.2) is 12.2 Å². The van der Waals surface area contributed by atoms with Crippen LogP contribution in [0, 0.1) is 12.7 Å². The molecular formula is C17H18ClFN2OS. The van der Waals surface area contributed by atoms with Gasteiger partial charge in [0.1, 0.15) is 0 Å². The van der Waals surface area contributed by atoms with E-state index < -0.39 is 5.82 Å². The van der Waals surface area contributed by atoms with Gasteiger partial charge in [-0.3, -0.25) is 0 Å². The minimum absolute atomic E-state index is 0.158. The third kappa shape index (κ3) is 4.33. The summed E-state index contributed by atoms with van der Waals surface area (Å²) < 4.78 is 18.7. The lowest BCUT2D eigenvalue weighted by atomic mass is 10.1. The third-order valence-corrected chi connectivity index (χ3v) is 4.17. The maximum atomic E-state index is 13.8. The Morgan fingerprint density at radius 2 is 2.04 bits per heavy atom. The topological polar surface area (TPSA) is 33.3 Å². The summed E-state index contributed by atoms with van der Waals surface area (Å²) in [6.45, 7) is 3.82. The SMILES string of the molecule is COc1ccc([C@H](C)NC(=S)Nc2cccc(Cl)c2C)cc1F. The van der Waals surface area contributed by atoms with Crippen molar-refractivity contribution >= 4 is 34.6 Å². The van der Waals surface area contributed by atoms with Crippen LogP contribution in [0.5, 0.6) is 5.75 Å². The molecule has 0 unspecified atom stereocenters. The second-order valence-electron chi connectivity index (χ2n) is 5.13. The van der Waals surface area contributed by atoms with Crippen molar-refractivity contribution in [2.45, 2.75) is 19.9 Å². The van der Waals surface area contributed by atoms with Crippen LogP contribution in [0.1, 0.15) is 24.1 Å². The van der Waals surface area contributed by atoms with Gasteiger partial charge in [-0.05, 0) is 61.5 Å². The minimum atomic E-state index is -0.400. The molecule has 3 nitrogen and oxygen atoms in total. The number of methoxy groups -OCH3 is 1. The van der Waals surface area contributed by atoms with Crippen LogP contribution >= 0.6 is 23.8 Å². The first-order valence-corrected chi connectivity index (χ1v) is 7.87. The molecule has 0 aromatic heterocycles. The summed E-state index contributed by atoms with van der Waals surface area (Å²) in [5.41, 5.74) is 2.53. The molecule has 2 rings (SSSR count). The average Bonchev–Trinajstić information content (AvgIpc) is 2.51. The molecule has 0 radical (unpaired) electrons. The normalized spacial score (nSPS) is 11.7. The summed E-state index contributed by atoms with van der Waals surface area (Å²) in [5.74, 6) is -0.181. The summed E-state index contributed by atoms with van der Waals surface area (Å²) in [6, 6.07) is 10.2. The van der Waals surface area contributed by atoms with E-state index in [9.17, 15) is 4.39 Å². The summed E-state index contributed by atoms with van der Waals surface area (Å²) in [6.07, 6.45) is 0. The molecule has 0 bridgehead atoms. The standard InChI is InChI=1S/C17H18ClFN2OS/c1-10-13(18)5-4-6-15(10)21-17(23)20-11(2)12-7-8-16(22-3)14(19)9-12/h4-9,11H,1-3H3,(H2,20,21,23)/t11-/m0/s1. The van der Waals surface area contributed by atoms with Gasteiger partial charge in [0, 0.05) is 10.7 Å². The molecule has 6 heteroatoms. The molecule has 2 aromatic rings. The number of hydrogen-bond acceptors (Lipinski definition) is 2. The highest BCUT2D eigenvalue weighted by Crippen LogP contribution is 2.24. The van der Waals surface area contributed by atoms with E-state index in [1.165, 1.54) is 13.2 Å². The lowest BCUT2D eigenvalue weighted by Gasteiger charge is -2.19.